The van der Waals surface area contributed by atoms with Crippen molar-refractivity contribution < 1.29 is 4.79 Å². The zero-order valence-electron chi connectivity index (χ0n) is 7.13. The maximum absolute atomic E-state index is 10.6. The van der Waals surface area contributed by atoms with Gasteiger partial charge in [0.25, 0.3) is 0 Å². The van der Waals surface area contributed by atoms with E-state index in [2.05, 4.69) is 5.32 Å². The Bertz CT molecular complexity index is 287. The Kier molecular flexibility index (Phi) is 3.05. The number of allylic oxidation sites excluding steroid dienone is 1. The molecule has 0 spiro atoms. The highest BCUT2D eigenvalue weighted by Crippen LogP contribution is 2.11. The molecular formula is C9H11NOS. The molecule has 12 heavy (non-hydrogen) atoms. The third-order valence-electron chi connectivity index (χ3n) is 1.28. The lowest BCUT2D eigenvalue weighted by molar-refractivity contribution is -0.118. The molecule has 1 heterocycles. The summed E-state index contributed by atoms with van der Waals surface area (Å²) in [6.45, 7) is 3.38. The van der Waals surface area contributed by atoms with Crippen molar-refractivity contribution >= 4 is 23.3 Å². The van der Waals surface area contributed by atoms with Crippen molar-refractivity contribution in [3.8, 4) is 0 Å². The molecule has 1 aromatic heterocycles. The number of hydrogen-bond acceptors (Lipinski definition) is 2. The third kappa shape index (κ3) is 2.88. The van der Waals surface area contributed by atoms with E-state index in [1.165, 1.54) is 6.92 Å². The van der Waals surface area contributed by atoms with Crippen LogP contribution in [0.25, 0.3) is 6.08 Å². The van der Waals surface area contributed by atoms with Crippen molar-refractivity contribution in [3.63, 3.8) is 0 Å². The predicted octanol–water partition coefficient (Wildman–Crippen LogP) is 2.25. The Morgan fingerprint density at radius 2 is 2.33 bits per heavy atom. The molecule has 1 rings (SSSR count). The van der Waals surface area contributed by atoms with Gasteiger partial charge in [0.1, 0.15) is 0 Å². The SMILES string of the molecule is CC(=O)N/C(C)=C/c1cccs1. The second-order valence-electron chi connectivity index (χ2n) is 2.52. The van der Waals surface area contributed by atoms with Crippen LogP contribution >= 0.6 is 11.3 Å². The van der Waals surface area contributed by atoms with Gasteiger partial charge in [0.05, 0.1) is 0 Å². The van der Waals surface area contributed by atoms with E-state index in [4.69, 9.17) is 0 Å². The van der Waals surface area contributed by atoms with Gasteiger partial charge < -0.3 is 5.32 Å². The van der Waals surface area contributed by atoms with Gasteiger partial charge in [-0.2, -0.15) is 0 Å². The number of carbonyl (C=O) groups is 1. The summed E-state index contributed by atoms with van der Waals surface area (Å²) in [7, 11) is 0. The highest BCUT2D eigenvalue weighted by molar-refractivity contribution is 7.10. The Hall–Kier alpha value is -1.09. The maximum atomic E-state index is 10.6. The van der Waals surface area contributed by atoms with Crippen LogP contribution in [0.4, 0.5) is 0 Å². The molecule has 0 fully saturated rings. The zero-order chi connectivity index (χ0) is 8.97. The average Bonchev–Trinajstić information content (AvgIpc) is 2.37. The van der Waals surface area contributed by atoms with Crippen LogP contribution in [0.2, 0.25) is 0 Å². The molecule has 0 radical (unpaired) electrons. The van der Waals surface area contributed by atoms with E-state index < -0.39 is 0 Å². The molecule has 0 aliphatic carbocycles. The van der Waals surface area contributed by atoms with E-state index in [1.54, 1.807) is 11.3 Å². The number of carbonyl (C=O) groups excluding carboxylic acids is 1. The minimum Gasteiger partial charge on any atom is -0.330 e. The summed E-state index contributed by atoms with van der Waals surface area (Å²) in [5.41, 5.74) is 0.880. The highest BCUT2D eigenvalue weighted by atomic mass is 32.1. The van der Waals surface area contributed by atoms with Crippen LogP contribution in [-0.4, -0.2) is 5.91 Å². The molecule has 0 aliphatic rings. The Morgan fingerprint density at radius 1 is 1.58 bits per heavy atom. The quantitative estimate of drug-likeness (QED) is 0.745. The maximum Gasteiger partial charge on any atom is 0.220 e. The average molecular weight is 181 g/mol. The second kappa shape index (κ2) is 4.07. The molecule has 2 nitrogen and oxygen atoms in total. The third-order valence-corrected chi connectivity index (χ3v) is 2.09. The van der Waals surface area contributed by atoms with Crippen LogP contribution in [0.3, 0.4) is 0 Å². The van der Waals surface area contributed by atoms with Gasteiger partial charge in [0.2, 0.25) is 5.91 Å². The van der Waals surface area contributed by atoms with E-state index >= 15 is 0 Å². The van der Waals surface area contributed by atoms with E-state index in [0.717, 1.165) is 10.6 Å². The standard InChI is InChI=1S/C9H11NOS/c1-7(10-8(2)11)6-9-4-3-5-12-9/h3-6H,1-2H3,(H,10,11)/b7-6+. The van der Waals surface area contributed by atoms with Gasteiger partial charge in [-0.25, -0.2) is 0 Å². The molecular weight excluding hydrogens is 170 g/mol. The summed E-state index contributed by atoms with van der Waals surface area (Å²) < 4.78 is 0. The van der Waals surface area contributed by atoms with Gasteiger partial charge in [-0.1, -0.05) is 6.07 Å². The number of rotatable bonds is 2. The minimum absolute atomic E-state index is 0.0275. The molecule has 0 aliphatic heterocycles. The Morgan fingerprint density at radius 3 is 2.83 bits per heavy atom. The minimum atomic E-state index is -0.0275. The molecule has 1 amide bonds. The fourth-order valence-corrected chi connectivity index (χ4v) is 1.62. The Labute approximate surface area is 75.9 Å². The number of thiophene rings is 1. The van der Waals surface area contributed by atoms with Crippen LogP contribution in [-0.2, 0) is 4.79 Å². The molecule has 1 N–H and O–H groups in total. The summed E-state index contributed by atoms with van der Waals surface area (Å²) in [6, 6.07) is 3.99. The van der Waals surface area contributed by atoms with Crippen LogP contribution in [0.15, 0.2) is 23.2 Å². The van der Waals surface area contributed by atoms with Gasteiger partial charge in [0, 0.05) is 17.5 Å². The first-order valence-electron chi connectivity index (χ1n) is 3.68. The van der Waals surface area contributed by atoms with Crippen LogP contribution < -0.4 is 5.32 Å². The van der Waals surface area contributed by atoms with Gasteiger partial charge in [0.15, 0.2) is 0 Å². The van der Waals surface area contributed by atoms with Crippen LogP contribution in [0, 0.1) is 0 Å². The summed E-state index contributed by atoms with van der Waals surface area (Å²) in [4.78, 5) is 11.8. The summed E-state index contributed by atoms with van der Waals surface area (Å²) in [6.07, 6.45) is 1.95. The van der Waals surface area contributed by atoms with Gasteiger partial charge >= 0.3 is 0 Å². The number of amides is 1. The molecule has 3 heteroatoms. The van der Waals surface area contributed by atoms with Crippen molar-refractivity contribution in [2.24, 2.45) is 0 Å². The summed E-state index contributed by atoms with van der Waals surface area (Å²) >= 11 is 1.65. The van der Waals surface area contributed by atoms with E-state index in [1.807, 2.05) is 30.5 Å². The summed E-state index contributed by atoms with van der Waals surface area (Å²) in [5.74, 6) is -0.0275. The number of hydrogen-bond donors (Lipinski definition) is 1. The lowest BCUT2D eigenvalue weighted by Crippen LogP contribution is -2.16. The lowest BCUT2D eigenvalue weighted by atomic mass is 10.3. The monoisotopic (exact) mass is 181 g/mol. The normalized spacial score (nSPS) is 11.3. The molecule has 0 atom stereocenters. The zero-order valence-corrected chi connectivity index (χ0v) is 7.94. The van der Waals surface area contributed by atoms with Crippen LogP contribution in [0.1, 0.15) is 18.7 Å². The molecule has 0 unspecified atom stereocenters. The van der Waals surface area contributed by atoms with Crippen LogP contribution in [0.5, 0.6) is 0 Å². The first-order chi connectivity index (χ1) is 5.68. The van der Waals surface area contributed by atoms with Gasteiger partial charge in [-0.05, 0) is 24.4 Å². The van der Waals surface area contributed by atoms with E-state index in [0.29, 0.717) is 0 Å². The van der Waals surface area contributed by atoms with Crippen molar-refractivity contribution in [1.82, 2.24) is 5.32 Å². The Balaban J connectivity index is 2.63. The lowest BCUT2D eigenvalue weighted by Gasteiger charge is -1.99. The van der Waals surface area contributed by atoms with E-state index in [-0.39, 0.29) is 5.91 Å². The fourth-order valence-electron chi connectivity index (χ4n) is 0.901. The molecule has 0 bridgehead atoms. The van der Waals surface area contributed by atoms with Crippen molar-refractivity contribution in [3.05, 3.63) is 28.1 Å². The van der Waals surface area contributed by atoms with Crippen molar-refractivity contribution in [1.29, 1.82) is 0 Å². The fraction of sp³-hybridized carbons (Fsp3) is 0.222. The molecule has 1 aromatic rings. The molecule has 0 saturated carbocycles. The molecule has 64 valence electrons. The first-order valence-corrected chi connectivity index (χ1v) is 4.56. The first kappa shape index (κ1) is 9.00. The van der Waals surface area contributed by atoms with E-state index in [9.17, 15) is 4.79 Å². The second-order valence-corrected chi connectivity index (χ2v) is 3.50. The highest BCUT2D eigenvalue weighted by Gasteiger charge is 1.93. The predicted molar refractivity (Wildman–Crippen MR) is 51.8 cm³/mol. The van der Waals surface area contributed by atoms with Crippen molar-refractivity contribution in [2.45, 2.75) is 13.8 Å². The molecule has 0 saturated heterocycles. The largest absolute Gasteiger partial charge is 0.330 e. The number of nitrogens with one attached hydrogen (secondary N) is 1. The van der Waals surface area contributed by atoms with Crippen molar-refractivity contribution in [2.75, 3.05) is 0 Å². The van der Waals surface area contributed by atoms with Gasteiger partial charge in [-0.15, -0.1) is 11.3 Å². The smallest absolute Gasteiger partial charge is 0.220 e. The molecule has 0 aromatic carbocycles. The summed E-state index contributed by atoms with van der Waals surface area (Å²) in [5, 5.41) is 4.72. The topological polar surface area (TPSA) is 29.1 Å². The van der Waals surface area contributed by atoms with Gasteiger partial charge in [-0.3, -0.25) is 4.79 Å².